The highest BCUT2D eigenvalue weighted by molar-refractivity contribution is 6.06. The van der Waals surface area contributed by atoms with E-state index in [1.54, 1.807) is 31.4 Å². The number of hydrogen-bond acceptors (Lipinski definition) is 4. The molecule has 0 saturated carbocycles. The summed E-state index contributed by atoms with van der Waals surface area (Å²) in [5, 5.41) is 2.87. The van der Waals surface area contributed by atoms with Crippen LogP contribution in [0.25, 0.3) is 0 Å². The van der Waals surface area contributed by atoms with E-state index in [1.165, 1.54) is 7.11 Å². The topological polar surface area (TPSA) is 56.8 Å². The van der Waals surface area contributed by atoms with E-state index >= 15 is 0 Å². The Bertz CT molecular complexity index is 909. The molecule has 0 fully saturated rings. The molecule has 3 rings (SSSR count). The Hall–Kier alpha value is -3.47. The molecule has 0 spiro atoms. The number of anilines is 1. The SMILES string of the molecule is COc1ccc(C(=O)Nc2cccc(OCc3ccccc3)c2)c(OC)c1. The lowest BCUT2D eigenvalue weighted by Crippen LogP contribution is -2.13. The first-order valence-corrected chi connectivity index (χ1v) is 8.50. The minimum Gasteiger partial charge on any atom is -0.497 e. The fourth-order valence-electron chi connectivity index (χ4n) is 2.59. The van der Waals surface area contributed by atoms with Crippen LogP contribution >= 0.6 is 0 Å². The van der Waals surface area contributed by atoms with Crippen molar-refractivity contribution < 1.29 is 19.0 Å². The predicted octanol–water partition coefficient (Wildman–Crippen LogP) is 4.54. The third-order valence-electron chi connectivity index (χ3n) is 3.99. The molecule has 0 saturated heterocycles. The van der Waals surface area contributed by atoms with Gasteiger partial charge in [0.15, 0.2) is 0 Å². The van der Waals surface area contributed by atoms with E-state index in [2.05, 4.69) is 5.32 Å². The molecule has 0 aromatic heterocycles. The summed E-state index contributed by atoms with van der Waals surface area (Å²) in [6, 6.07) is 22.3. The average molecular weight is 363 g/mol. The van der Waals surface area contributed by atoms with Crippen molar-refractivity contribution in [2.45, 2.75) is 6.61 Å². The van der Waals surface area contributed by atoms with E-state index in [4.69, 9.17) is 14.2 Å². The van der Waals surface area contributed by atoms with Crippen molar-refractivity contribution >= 4 is 11.6 Å². The van der Waals surface area contributed by atoms with Gasteiger partial charge >= 0.3 is 0 Å². The maximum Gasteiger partial charge on any atom is 0.259 e. The van der Waals surface area contributed by atoms with Crippen LogP contribution in [0.1, 0.15) is 15.9 Å². The van der Waals surface area contributed by atoms with Crippen LogP contribution in [-0.2, 0) is 6.61 Å². The number of methoxy groups -OCH3 is 2. The fourth-order valence-corrected chi connectivity index (χ4v) is 2.59. The molecule has 0 aliphatic carbocycles. The molecule has 27 heavy (non-hydrogen) atoms. The standard InChI is InChI=1S/C22H21NO4/c1-25-18-11-12-20(21(14-18)26-2)22(24)23-17-9-6-10-19(13-17)27-15-16-7-4-3-5-8-16/h3-14H,15H2,1-2H3,(H,23,24). The van der Waals surface area contributed by atoms with Gasteiger partial charge in [-0.25, -0.2) is 0 Å². The maximum atomic E-state index is 12.6. The normalized spacial score (nSPS) is 10.1. The van der Waals surface area contributed by atoms with Crippen LogP contribution in [0.4, 0.5) is 5.69 Å². The number of carbonyl (C=O) groups is 1. The first-order valence-electron chi connectivity index (χ1n) is 8.50. The van der Waals surface area contributed by atoms with E-state index in [0.29, 0.717) is 35.1 Å². The Morgan fingerprint density at radius 3 is 2.41 bits per heavy atom. The van der Waals surface area contributed by atoms with Crippen LogP contribution in [-0.4, -0.2) is 20.1 Å². The van der Waals surface area contributed by atoms with Gasteiger partial charge < -0.3 is 19.5 Å². The summed E-state index contributed by atoms with van der Waals surface area (Å²) in [6.45, 7) is 0.463. The molecule has 0 atom stereocenters. The third kappa shape index (κ3) is 4.79. The first kappa shape index (κ1) is 18.3. The van der Waals surface area contributed by atoms with Gasteiger partial charge in [-0.05, 0) is 29.8 Å². The summed E-state index contributed by atoms with van der Waals surface area (Å²) in [6.07, 6.45) is 0. The highest BCUT2D eigenvalue weighted by Crippen LogP contribution is 2.26. The highest BCUT2D eigenvalue weighted by atomic mass is 16.5. The van der Waals surface area contributed by atoms with Crippen LogP contribution in [0.2, 0.25) is 0 Å². The van der Waals surface area contributed by atoms with Crippen molar-refractivity contribution in [3.8, 4) is 17.2 Å². The van der Waals surface area contributed by atoms with Gasteiger partial charge in [-0.3, -0.25) is 4.79 Å². The number of amides is 1. The Morgan fingerprint density at radius 2 is 1.67 bits per heavy atom. The van der Waals surface area contributed by atoms with Gasteiger partial charge in [-0.15, -0.1) is 0 Å². The van der Waals surface area contributed by atoms with E-state index in [9.17, 15) is 4.79 Å². The lowest BCUT2D eigenvalue weighted by molar-refractivity contribution is 0.102. The second kappa shape index (κ2) is 8.76. The molecule has 1 N–H and O–H groups in total. The number of ether oxygens (including phenoxy) is 3. The molecule has 1 amide bonds. The van der Waals surface area contributed by atoms with Gasteiger partial charge in [0.05, 0.1) is 19.8 Å². The van der Waals surface area contributed by atoms with Crippen LogP contribution in [0.5, 0.6) is 17.2 Å². The highest BCUT2D eigenvalue weighted by Gasteiger charge is 2.14. The van der Waals surface area contributed by atoms with Crippen LogP contribution in [0.3, 0.4) is 0 Å². The van der Waals surface area contributed by atoms with E-state index < -0.39 is 0 Å². The van der Waals surface area contributed by atoms with Crippen LogP contribution in [0.15, 0.2) is 72.8 Å². The van der Waals surface area contributed by atoms with Crippen molar-refractivity contribution in [1.29, 1.82) is 0 Å². The largest absolute Gasteiger partial charge is 0.497 e. The van der Waals surface area contributed by atoms with Crippen LogP contribution in [0, 0.1) is 0 Å². The molecule has 0 heterocycles. The summed E-state index contributed by atoms with van der Waals surface area (Å²) in [5.74, 6) is 1.48. The lowest BCUT2D eigenvalue weighted by Gasteiger charge is -2.12. The number of hydrogen-bond donors (Lipinski definition) is 1. The van der Waals surface area contributed by atoms with Gasteiger partial charge in [0.2, 0.25) is 0 Å². The lowest BCUT2D eigenvalue weighted by atomic mass is 10.1. The minimum absolute atomic E-state index is 0.269. The van der Waals surface area contributed by atoms with Gasteiger partial charge in [0, 0.05) is 17.8 Å². The average Bonchev–Trinajstić information content (AvgIpc) is 2.72. The van der Waals surface area contributed by atoms with Crippen molar-refractivity contribution in [1.82, 2.24) is 0 Å². The van der Waals surface area contributed by atoms with E-state index in [0.717, 1.165) is 5.56 Å². The third-order valence-corrected chi connectivity index (χ3v) is 3.99. The molecule has 3 aromatic carbocycles. The number of rotatable bonds is 7. The summed E-state index contributed by atoms with van der Waals surface area (Å²) < 4.78 is 16.3. The Balaban J connectivity index is 1.69. The van der Waals surface area contributed by atoms with Crippen molar-refractivity contribution in [2.75, 3.05) is 19.5 Å². The fraction of sp³-hybridized carbons (Fsp3) is 0.136. The zero-order valence-corrected chi connectivity index (χ0v) is 15.3. The molecule has 0 bridgehead atoms. The zero-order chi connectivity index (χ0) is 19.1. The number of benzene rings is 3. The van der Waals surface area contributed by atoms with Gasteiger partial charge in [-0.2, -0.15) is 0 Å². The van der Waals surface area contributed by atoms with Crippen molar-refractivity contribution in [3.05, 3.63) is 83.9 Å². The quantitative estimate of drug-likeness (QED) is 0.670. The minimum atomic E-state index is -0.269. The molecule has 3 aromatic rings. The van der Waals surface area contributed by atoms with Gasteiger partial charge in [0.1, 0.15) is 23.9 Å². The zero-order valence-electron chi connectivity index (χ0n) is 15.3. The molecule has 5 nitrogen and oxygen atoms in total. The van der Waals surface area contributed by atoms with Crippen molar-refractivity contribution in [3.63, 3.8) is 0 Å². The molecular formula is C22H21NO4. The molecule has 0 radical (unpaired) electrons. The summed E-state index contributed by atoms with van der Waals surface area (Å²) in [5.41, 5.74) is 2.15. The second-order valence-corrected chi connectivity index (χ2v) is 5.82. The molecule has 138 valence electrons. The van der Waals surface area contributed by atoms with E-state index in [-0.39, 0.29) is 5.91 Å². The summed E-state index contributed by atoms with van der Waals surface area (Å²) >= 11 is 0. The predicted molar refractivity (Wildman–Crippen MR) is 105 cm³/mol. The monoisotopic (exact) mass is 363 g/mol. The van der Waals surface area contributed by atoms with Gasteiger partial charge in [-0.1, -0.05) is 36.4 Å². The molecular weight excluding hydrogens is 342 g/mol. The molecule has 0 aliphatic heterocycles. The second-order valence-electron chi connectivity index (χ2n) is 5.82. The van der Waals surface area contributed by atoms with Gasteiger partial charge in [0.25, 0.3) is 5.91 Å². The summed E-state index contributed by atoms with van der Waals surface area (Å²) in [4.78, 5) is 12.6. The number of carbonyl (C=O) groups excluding carboxylic acids is 1. The van der Waals surface area contributed by atoms with Crippen molar-refractivity contribution in [2.24, 2.45) is 0 Å². The molecule has 5 heteroatoms. The Morgan fingerprint density at radius 1 is 0.852 bits per heavy atom. The first-order chi connectivity index (χ1) is 13.2. The Labute approximate surface area is 158 Å². The maximum absolute atomic E-state index is 12.6. The number of nitrogens with one attached hydrogen (secondary N) is 1. The van der Waals surface area contributed by atoms with E-state index in [1.807, 2.05) is 48.5 Å². The molecule has 0 unspecified atom stereocenters. The molecule has 0 aliphatic rings. The Kier molecular flexibility index (Phi) is 5.94. The smallest absolute Gasteiger partial charge is 0.259 e. The summed E-state index contributed by atoms with van der Waals surface area (Å²) in [7, 11) is 3.08. The van der Waals surface area contributed by atoms with Crippen LogP contribution < -0.4 is 19.5 Å².